The van der Waals surface area contributed by atoms with Crippen LogP contribution in [0.3, 0.4) is 0 Å². The highest BCUT2D eigenvalue weighted by molar-refractivity contribution is 5.95. The van der Waals surface area contributed by atoms with Crippen molar-refractivity contribution in [2.45, 2.75) is 6.61 Å². The molecule has 17 heavy (non-hydrogen) atoms. The zero-order valence-corrected chi connectivity index (χ0v) is 9.17. The average molecular weight is 228 g/mol. The van der Waals surface area contributed by atoms with Gasteiger partial charge in [0.15, 0.2) is 0 Å². The van der Waals surface area contributed by atoms with E-state index >= 15 is 0 Å². The van der Waals surface area contributed by atoms with Gasteiger partial charge < -0.3 is 10.5 Å². The van der Waals surface area contributed by atoms with E-state index in [-0.39, 0.29) is 0 Å². The van der Waals surface area contributed by atoms with Crippen LogP contribution >= 0.6 is 0 Å². The lowest BCUT2D eigenvalue weighted by atomic mass is 10.2. The van der Waals surface area contributed by atoms with Crippen molar-refractivity contribution in [1.29, 1.82) is 0 Å². The quantitative estimate of drug-likeness (QED) is 0.867. The fourth-order valence-electron chi connectivity index (χ4n) is 1.44. The van der Waals surface area contributed by atoms with Crippen LogP contribution in [-0.4, -0.2) is 10.9 Å². The molecule has 0 unspecified atom stereocenters. The molecule has 0 bridgehead atoms. The van der Waals surface area contributed by atoms with Gasteiger partial charge in [-0.2, -0.15) is 0 Å². The number of primary amides is 1. The molecule has 0 aliphatic heterocycles. The molecular formula is C13H12N2O2. The van der Waals surface area contributed by atoms with Gasteiger partial charge >= 0.3 is 0 Å². The van der Waals surface area contributed by atoms with Crippen LogP contribution in [0.2, 0.25) is 0 Å². The summed E-state index contributed by atoms with van der Waals surface area (Å²) in [5.74, 6) is 0.00661. The molecule has 0 radical (unpaired) electrons. The van der Waals surface area contributed by atoms with Crippen LogP contribution in [0, 0.1) is 0 Å². The van der Waals surface area contributed by atoms with Crippen molar-refractivity contribution in [1.82, 2.24) is 4.98 Å². The molecule has 0 spiro atoms. The molecule has 4 nitrogen and oxygen atoms in total. The number of para-hydroxylation sites is 1. The highest BCUT2D eigenvalue weighted by atomic mass is 16.5. The van der Waals surface area contributed by atoms with Crippen LogP contribution in [0.25, 0.3) is 0 Å². The molecule has 2 aromatic rings. The topological polar surface area (TPSA) is 65.2 Å². The lowest BCUT2D eigenvalue weighted by Crippen LogP contribution is -2.12. The van der Waals surface area contributed by atoms with Crippen molar-refractivity contribution in [3.05, 3.63) is 59.9 Å². The summed E-state index contributed by atoms with van der Waals surface area (Å²) in [5, 5.41) is 0. The van der Waals surface area contributed by atoms with Gasteiger partial charge in [-0.05, 0) is 29.8 Å². The molecule has 86 valence electrons. The Morgan fingerprint density at radius 3 is 2.59 bits per heavy atom. The maximum absolute atomic E-state index is 11.2. The monoisotopic (exact) mass is 228 g/mol. The third kappa shape index (κ3) is 2.81. The van der Waals surface area contributed by atoms with E-state index in [0.29, 0.717) is 17.9 Å². The van der Waals surface area contributed by atoms with Gasteiger partial charge in [-0.3, -0.25) is 9.78 Å². The molecule has 1 aromatic heterocycles. The molecule has 0 atom stereocenters. The van der Waals surface area contributed by atoms with E-state index in [9.17, 15) is 4.79 Å². The molecule has 0 aliphatic carbocycles. The summed E-state index contributed by atoms with van der Waals surface area (Å²) in [4.78, 5) is 15.1. The van der Waals surface area contributed by atoms with E-state index in [4.69, 9.17) is 10.5 Å². The van der Waals surface area contributed by atoms with Gasteiger partial charge in [0.25, 0.3) is 5.91 Å². The van der Waals surface area contributed by atoms with E-state index in [1.165, 1.54) is 0 Å². The number of amides is 1. The Morgan fingerprint density at radius 2 is 1.88 bits per heavy atom. The number of hydrogen-bond donors (Lipinski definition) is 1. The Kier molecular flexibility index (Phi) is 3.35. The number of aromatic nitrogens is 1. The normalized spacial score (nSPS) is 9.88. The van der Waals surface area contributed by atoms with Crippen LogP contribution in [0.1, 0.15) is 15.9 Å². The number of benzene rings is 1. The van der Waals surface area contributed by atoms with Crippen molar-refractivity contribution in [3.8, 4) is 5.75 Å². The van der Waals surface area contributed by atoms with E-state index in [2.05, 4.69) is 4.98 Å². The Balaban J connectivity index is 2.12. The Labute approximate surface area is 99.1 Å². The Bertz CT molecular complexity index is 512. The van der Waals surface area contributed by atoms with Gasteiger partial charge in [-0.15, -0.1) is 0 Å². The molecule has 1 heterocycles. The molecule has 0 saturated heterocycles. The van der Waals surface area contributed by atoms with Gasteiger partial charge in [0, 0.05) is 12.4 Å². The Hall–Kier alpha value is -2.36. The predicted octanol–water partition coefficient (Wildman–Crippen LogP) is 1.76. The second-order valence-electron chi connectivity index (χ2n) is 3.50. The van der Waals surface area contributed by atoms with Crippen LogP contribution in [-0.2, 0) is 6.61 Å². The number of carbonyl (C=O) groups excluding carboxylic acids is 1. The van der Waals surface area contributed by atoms with E-state index in [1.807, 2.05) is 12.1 Å². The van der Waals surface area contributed by atoms with Crippen LogP contribution in [0.4, 0.5) is 0 Å². The van der Waals surface area contributed by atoms with Gasteiger partial charge in [0.2, 0.25) is 0 Å². The number of pyridine rings is 1. The van der Waals surface area contributed by atoms with Gasteiger partial charge in [0.05, 0.1) is 5.56 Å². The second-order valence-corrected chi connectivity index (χ2v) is 3.50. The third-order valence-electron chi connectivity index (χ3n) is 2.30. The lowest BCUT2D eigenvalue weighted by Gasteiger charge is -2.08. The zero-order chi connectivity index (χ0) is 12.1. The fourth-order valence-corrected chi connectivity index (χ4v) is 1.44. The molecule has 4 heteroatoms. The summed E-state index contributed by atoms with van der Waals surface area (Å²) in [5.41, 5.74) is 6.63. The number of rotatable bonds is 4. The first-order chi connectivity index (χ1) is 8.27. The maximum atomic E-state index is 11.2. The fraction of sp³-hybridized carbons (Fsp3) is 0.0769. The summed E-state index contributed by atoms with van der Waals surface area (Å²) in [6, 6.07) is 10.6. The van der Waals surface area contributed by atoms with Crippen LogP contribution in [0.5, 0.6) is 5.75 Å². The molecule has 1 aromatic carbocycles. The summed E-state index contributed by atoms with van der Waals surface area (Å²) in [6.07, 6.45) is 3.39. The molecule has 2 rings (SSSR count). The molecule has 0 aliphatic rings. The number of nitrogens with zero attached hydrogens (tertiary/aromatic N) is 1. The van der Waals surface area contributed by atoms with Crippen molar-refractivity contribution in [2.24, 2.45) is 5.73 Å². The predicted molar refractivity (Wildman–Crippen MR) is 63.5 cm³/mol. The van der Waals surface area contributed by atoms with E-state index < -0.39 is 5.91 Å². The summed E-state index contributed by atoms with van der Waals surface area (Å²) in [6.45, 7) is 0.382. The Morgan fingerprint density at radius 1 is 1.18 bits per heavy atom. The van der Waals surface area contributed by atoms with Crippen molar-refractivity contribution in [3.63, 3.8) is 0 Å². The first-order valence-electron chi connectivity index (χ1n) is 5.18. The molecule has 0 saturated carbocycles. The minimum Gasteiger partial charge on any atom is -0.488 e. The minimum absolute atomic E-state index is 0.382. The van der Waals surface area contributed by atoms with Crippen molar-refractivity contribution in [2.75, 3.05) is 0 Å². The second kappa shape index (κ2) is 5.12. The van der Waals surface area contributed by atoms with E-state index in [1.54, 1.807) is 36.7 Å². The highest BCUT2D eigenvalue weighted by Gasteiger charge is 2.07. The van der Waals surface area contributed by atoms with Crippen molar-refractivity contribution >= 4 is 5.91 Å². The minimum atomic E-state index is -0.490. The lowest BCUT2D eigenvalue weighted by molar-refractivity contribution is 0.0996. The highest BCUT2D eigenvalue weighted by Crippen LogP contribution is 2.18. The largest absolute Gasteiger partial charge is 0.488 e. The summed E-state index contributed by atoms with van der Waals surface area (Å²) in [7, 11) is 0. The zero-order valence-electron chi connectivity index (χ0n) is 9.17. The van der Waals surface area contributed by atoms with E-state index in [0.717, 1.165) is 5.56 Å². The third-order valence-corrected chi connectivity index (χ3v) is 2.30. The smallest absolute Gasteiger partial charge is 0.252 e. The van der Waals surface area contributed by atoms with Crippen LogP contribution < -0.4 is 10.5 Å². The summed E-state index contributed by atoms with van der Waals surface area (Å²) < 4.78 is 5.56. The maximum Gasteiger partial charge on any atom is 0.252 e. The van der Waals surface area contributed by atoms with Crippen molar-refractivity contribution < 1.29 is 9.53 Å². The molecule has 0 fully saturated rings. The molecule has 1 amide bonds. The number of carbonyl (C=O) groups is 1. The standard InChI is InChI=1S/C13H12N2O2/c14-13(16)11-3-1-2-4-12(11)17-9-10-5-7-15-8-6-10/h1-8H,9H2,(H2,14,16). The first-order valence-corrected chi connectivity index (χ1v) is 5.18. The first kappa shape index (κ1) is 11.1. The number of nitrogens with two attached hydrogens (primary N) is 1. The van der Waals surface area contributed by atoms with Crippen LogP contribution in [0.15, 0.2) is 48.8 Å². The number of hydrogen-bond acceptors (Lipinski definition) is 3. The van der Waals surface area contributed by atoms with Gasteiger partial charge in [-0.1, -0.05) is 12.1 Å². The SMILES string of the molecule is NC(=O)c1ccccc1OCc1ccncc1. The average Bonchev–Trinajstić information content (AvgIpc) is 2.38. The summed E-state index contributed by atoms with van der Waals surface area (Å²) >= 11 is 0. The molecular weight excluding hydrogens is 216 g/mol. The molecule has 2 N–H and O–H groups in total. The van der Waals surface area contributed by atoms with Gasteiger partial charge in [-0.25, -0.2) is 0 Å². The van der Waals surface area contributed by atoms with Gasteiger partial charge in [0.1, 0.15) is 12.4 Å². The number of ether oxygens (including phenoxy) is 1.